The molecule has 0 bridgehead atoms. The normalized spacial score (nSPS) is 11.7. The fourth-order valence-corrected chi connectivity index (χ4v) is 5.73. The topological polar surface area (TPSA) is 34.1 Å². The Balaban J connectivity index is 2.58. The molecule has 0 aliphatic rings. The highest BCUT2D eigenvalue weighted by Crippen LogP contribution is 2.38. The van der Waals surface area contributed by atoms with Gasteiger partial charge in [0.25, 0.3) is 0 Å². The fourth-order valence-electron chi connectivity index (χ4n) is 3.27. The van der Waals surface area contributed by atoms with Crippen LogP contribution in [0.2, 0.25) is 0 Å². The summed E-state index contributed by atoms with van der Waals surface area (Å²) in [7, 11) is 0. The zero-order valence-electron chi connectivity index (χ0n) is 13.9. The van der Waals surface area contributed by atoms with Crippen molar-refractivity contribution in [1.82, 2.24) is 0 Å². The monoisotopic (exact) mass is 352 g/mol. The Kier molecular flexibility index (Phi) is 3.37. The Hall–Kier alpha value is -2.04. The van der Waals surface area contributed by atoms with E-state index in [1.165, 1.54) is 0 Å². The average Bonchev–Trinajstić information content (AvgIpc) is 3.03. The van der Waals surface area contributed by atoms with E-state index in [2.05, 4.69) is 0 Å². The van der Waals surface area contributed by atoms with Gasteiger partial charge in [-0.2, -0.15) is 0 Å². The molecule has 0 spiro atoms. The van der Waals surface area contributed by atoms with Crippen LogP contribution in [-0.4, -0.2) is 0 Å². The maximum atomic E-state index is 13.2. The summed E-state index contributed by atoms with van der Waals surface area (Å²) in [6.07, 6.45) is 0. The molecule has 0 atom stereocenters. The number of benzene rings is 1. The number of hydrogen-bond acceptors (Lipinski definition) is 4. The molecule has 0 unspecified atom stereocenters. The van der Waals surface area contributed by atoms with Crippen molar-refractivity contribution in [1.29, 1.82) is 0 Å². The minimum atomic E-state index is -0.0369. The van der Waals surface area contributed by atoms with Gasteiger partial charge in [-0.05, 0) is 38.8 Å². The SMILES string of the molecule is Cc1sc2c(c1C)c(=O)c1ccccc1c(=O)c1c(C)c(C)sc12. The molecule has 0 aliphatic heterocycles. The molecule has 0 aliphatic carbocycles. The summed E-state index contributed by atoms with van der Waals surface area (Å²) in [5.74, 6) is 0. The number of aryl methyl sites for hydroxylation is 4. The van der Waals surface area contributed by atoms with E-state index in [1.807, 2.05) is 39.8 Å². The van der Waals surface area contributed by atoms with E-state index < -0.39 is 0 Å². The van der Waals surface area contributed by atoms with Gasteiger partial charge in [-0.25, -0.2) is 0 Å². The predicted octanol–water partition coefficient (Wildman–Crippen LogP) is 5.22. The molecule has 4 heteroatoms. The first kappa shape index (κ1) is 15.5. The van der Waals surface area contributed by atoms with Gasteiger partial charge in [0.2, 0.25) is 0 Å². The zero-order valence-corrected chi connectivity index (χ0v) is 15.6. The predicted molar refractivity (Wildman–Crippen MR) is 106 cm³/mol. The lowest BCUT2D eigenvalue weighted by Crippen LogP contribution is -2.07. The Morgan fingerprint density at radius 1 is 0.667 bits per heavy atom. The van der Waals surface area contributed by atoms with Gasteiger partial charge < -0.3 is 0 Å². The summed E-state index contributed by atoms with van der Waals surface area (Å²) in [6, 6.07) is 7.19. The van der Waals surface area contributed by atoms with Gasteiger partial charge in [-0.1, -0.05) is 24.3 Å². The van der Waals surface area contributed by atoms with Gasteiger partial charge in [-0.15, -0.1) is 22.7 Å². The molecule has 120 valence electrons. The molecule has 4 rings (SSSR count). The Morgan fingerprint density at radius 2 is 1.04 bits per heavy atom. The van der Waals surface area contributed by atoms with Gasteiger partial charge in [0.05, 0.1) is 9.40 Å². The fraction of sp³-hybridized carbons (Fsp3) is 0.200. The van der Waals surface area contributed by atoms with Crippen LogP contribution in [0, 0.1) is 27.7 Å². The van der Waals surface area contributed by atoms with Gasteiger partial charge in [0.15, 0.2) is 10.9 Å². The third-order valence-corrected chi connectivity index (χ3v) is 7.43. The molecule has 2 aromatic heterocycles. The first-order chi connectivity index (χ1) is 11.4. The number of thiophene rings is 2. The van der Waals surface area contributed by atoms with Crippen LogP contribution in [0.3, 0.4) is 0 Å². The van der Waals surface area contributed by atoms with E-state index in [0.717, 1.165) is 41.1 Å². The lowest BCUT2D eigenvalue weighted by Gasteiger charge is -1.97. The highest BCUT2D eigenvalue weighted by Gasteiger charge is 2.17. The second kappa shape index (κ2) is 5.23. The van der Waals surface area contributed by atoms with Crippen molar-refractivity contribution in [3.8, 4) is 0 Å². The van der Waals surface area contributed by atoms with Crippen LogP contribution in [0.15, 0.2) is 33.9 Å². The summed E-state index contributed by atoms with van der Waals surface area (Å²) in [5.41, 5.74) is 1.98. The maximum Gasteiger partial charge on any atom is 0.195 e. The average molecular weight is 352 g/mol. The number of fused-ring (bicyclic) bond motifs is 4. The van der Waals surface area contributed by atoms with Crippen LogP contribution >= 0.6 is 22.7 Å². The Labute approximate surface area is 147 Å². The van der Waals surface area contributed by atoms with Crippen LogP contribution in [-0.2, 0) is 0 Å². The number of hydrogen-bond donors (Lipinski definition) is 0. The maximum absolute atomic E-state index is 13.2. The molecule has 2 nitrogen and oxygen atoms in total. The summed E-state index contributed by atoms with van der Waals surface area (Å²) in [6.45, 7) is 8.08. The van der Waals surface area contributed by atoms with E-state index in [9.17, 15) is 9.59 Å². The highest BCUT2D eigenvalue weighted by atomic mass is 32.1. The molecule has 0 N–H and O–H groups in total. The molecule has 0 amide bonds. The first-order valence-corrected chi connectivity index (χ1v) is 9.44. The third-order valence-electron chi connectivity index (χ3n) is 4.85. The van der Waals surface area contributed by atoms with Crippen molar-refractivity contribution in [3.05, 3.63) is 65.6 Å². The molecule has 0 fully saturated rings. The highest BCUT2D eigenvalue weighted by molar-refractivity contribution is 7.27. The van der Waals surface area contributed by atoms with Crippen LogP contribution in [0.25, 0.3) is 30.9 Å². The molecular weight excluding hydrogens is 336 g/mol. The third kappa shape index (κ3) is 1.93. The molecule has 2 heterocycles. The van der Waals surface area contributed by atoms with Crippen molar-refractivity contribution in [2.24, 2.45) is 0 Å². The van der Waals surface area contributed by atoms with Gasteiger partial charge >= 0.3 is 0 Å². The van der Waals surface area contributed by atoms with Gasteiger partial charge in [-0.3, -0.25) is 9.59 Å². The van der Waals surface area contributed by atoms with Crippen molar-refractivity contribution >= 4 is 53.6 Å². The molecule has 0 saturated carbocycles. The molecule has 24 heavy (non-hydrogen) atoms. The van der Waals surface area contributed by atoms with Crippen LogP contribution < -0.4 is 10.9 Å². The van der Waals surface area contributed by atoms with Gasteiger partial charge in [0.1, 0.15) is 0 Å². The van der Waals surface area contributed by atoms with Crippen LogP contribution in [0.5, 0.6) is 0 Å². The lowest BCUT2D eigenvalue weighted by molar-refractivity contribution is 1.46. The minimum absolute atomic E-state index is 0.0369. The van der Waals surface area contributed by atoms with Crippen molar-refractivity contribution in [2.75, 3.05) is 0 Å². The van der Waals surface area contributed by atoms with Gasteiger partial charge in [0, 0.05) is 31.3 Å². The summed E-state index contributed by atoms with van der Waals surface area (Å²) < 4.78 is 1.91. The molecule has 2 aromatic carbocycles. The van der Waals surface area contributed by atoms with E-state index in [4.69, 9.17) is 0 Å². The lowest BCUT2D eigenvalue weighted by atomic mass is 10.0. The quantitative estimate of drug-likeness (QED) is 0.435. The van der Waals surface area contributed by atoms with E-state index in [-0.39, 0.29) is 10.9 Å². The van der Waals surface area contributed by atoms with Crippen molar-refractivity contribution < 1.29 is 0 Å². The second-order valence-corrected chi connectivity index (χ2v) is 8.63. The summed E-state index contributed by atoms with van der Waals surface area (Å²) in [5, 5.41) is 2.55. The molecule has 0 saturated heterocycles. The Morgan fingerprint density at radius 3 is 1.42 bits per heavy atom. The molecular formula is C20H16O2S2. The minimum Gasteiger partial charge on any atom is -0.289 e. The van der Waals surface area contributed by atoms with E-state index in [0.29, 0.717) is 10.8 Å². The summed E-state index contributed by atoms with van der Waals surface area (Å²) >= 11 is 3.24. The number of rotatable bonds is 0. The molecule has 0 radical (unpaired) electrons. The van der Waals surface area contributed by atoms with E-state index in [1.54, 1.807) is 34.8 Å². The summed E-state index contributed by atoms with van der Waals surface area (Å²) in [4.78, 5) is 28.7. The first-order valence-electron chi connectivity index (χ1n) is 7.80. The van der Waals surface area contributed by atoms with Crippen molar-refractivity contribution in [3.63, 3.8) is 0 Å². The largest absolute Gasteiger partial charge is 0.289 e. The molecule has 4 aromatic rings. The van der Waals surface area contributed by atoms with E-state index >= 15 is 0 Å². The smallest absolute Gasteiger partial charge is 0.195 e. The van der Waals surface area contributed by atoms with Crippen LogP contribution in [0.4, 0.5) is 0 Å². The standard InChI is InChI=1S/C20H16O2S2/c1-9-11(3)23-19-15(9)17(21)13-7-5-6-8-14(13)18(22)16-10(2)12(4)24-20(16)19/h5-8H,1-4H3. The Bertz CT molecular complexity index is 1180. The zero-order chi connectivity index (χ0) is 17.2. The second-order valence-electron chi connectivity index (χ2n) is 6.18. The van der Waals surface area contributed by atoms with Crippen molar-refractivity contribution in [2.45, 2.75) is 27.7 Å². The van der Waals surface area contributed by atoms with Crippen LogP contribution in [0.1, 0.15) is 20.9 Å².